The number of nitrogens with zero attached hydrogens (tertiary/aromatic N) is 3. The highest BCUT2D eigenvalue weighted by Gasteiger charge is 2.13. The summed E-state index contributed by atoms with van der Waals surface area (Å²) >= 11 is 0. The fourth-order valence-electron chi connectivity index (χ4n) is 1.83. The van der Waals surface area contributed by atoms with Gasteiger partial charge in [-0.1, -0.05) is 0 Å². The molecule has 5 nitrogen and oxygen atoms in total. The molecule has 0 unspecified atom stereocenters. The summed E-state index contributed by atoms with van der Waals surface area (Å²) in [6.07, 6.45) is 2.64. The van der Waals surface area contributed by atoms with E-state index >= 15 is 0 Å². The molecule has 3 rings (SSSR count). The van der Waals surface area contributed by atoms with Gasteiger partial charge in [-0.3, -0.25) is 0 Å². The molecule has 1 aliphatic heterocycles. The Kier molecular flexibility index (Phi) is 2.11. The summed E-state index contributed by atoms with van der Waals surface area (Å²) in [4.78, 5) is 4.10. The minimum absolute atomic E-state index is 0.362. The first-order valence-electron chi connectivity index (χ1n) is 5.23. The van der Waals surface area contributed by atoms with Gasteiger partial charge in [0.2, 0.25) is 0 Å². The molecule has 2 N–H and O–H groups in total. The van der Waals surface area contributed by atoms with Crippen molar-refractivity contribution < 1.29 is 4.74 Å². The standard InChI is InChI=1S/C11H12N4O/c12-6-11-13-7-15(14-11)9-1-2-10-8(5-9)3-4-16-10/h1-2,5,7H,3-4,6,12H2. The molecule has 1 aromatic heterocycles. The molecular formula is C11H12N4O. The minimum atomic E-state index is 0.362. The van der Waals surface area contributed by atoms with Crippen LogP contribution in [-0.2, 0) is 13.0 Å². The molecule has 0 saturated carbocycles. The predicted octanol–water partition coefficient (Wildman–Crippen LogP) is 0.661. The molecule has 0 fully saturated rings. The predicted molar refractivity (Wildman–Crippen MR) is 58.4 cm³/mol. The summed E-state index contributed by atoms with van der Waals surface area (Å²) in [7, 11) is 0. The van der Waals surface area contributed by atoms with Crippen LogP contribution in [-0.4, -0.2) is 21.4 Å². The first-order valence-corrected chi connectivity index (χ1v) is 5.23. The van der Waals surface area contributed by atoms with Gasteiger partial charge in [0.05, 0.1) is 18.8 Å². The first kappa shape index (κ1) is 9.35. The van der Waals surface area contributed by atoms with Crippen LogP contribution >= 0.6 is 0 Å². The van der Waals surface area contributed by atoms with Crippen LogP contribution in [0.2, 0.25) is 0 Å². The largest absolute Gasteiger partial charge is 0.493 e. The van der Waals surface area contributed by atoms with Crippen molar-refractivity contribution in [3.05, 3.63) is 35.9 Å². The maximum absolute atomic E-state index is 5.47. The average Bonchev–Trinajstić information content (AvgIpc) is 2.96. The van der Waals surface area contributed by atoms with E-state index in [-0.39, 0.29) is 0 Å². The lowest BCUT2D eigenvalue weighted by Crippen LogP contribution is -2.01. The van der Waals surface area contributed by atoms with E-state index in [9.17, 15) is 0 Å². The van der Waals surface area contributed by atoms with Crippen LogP contribution in [0.25, 0.3) is 5.69 Å². The Morgan fingerprint density at radius 1 is 1.44 bits per heavy atom. The molecule has 0 atom stereocenters. The second kappa shape index (κ2) is 3.61. The molecular weight excluding hydrogens is 204 g/mol. The van der Waals surface area contributed by atoms with Gasteiger partial charge in [-0.05, 0) is 23.8 Å². The molecule has 16 heavy (non-hydrogen) atoms. The van der Waals surface area contributed by atoms with Crippen LogP contribution in [0.15, 0.2) is 24.5 Å². The third kappa shape index (κ3) is 1.45. The lowest BCUT2D eigenvalue weighted by molar-refractivity contribution is 0.357. The zero-order valence-electron chi connectivity index (χ0n) is 8.76. The summed E-state index contributed by atoms with van der Waals surface area (Å²) in [5.74, 6) is 1.62. The zero-order valence-corrected chi connectivity index (χ0v) is 8.76. The number of fused-ring (bicyclic) bond motifs is 1. The Hall–Kier alpha value is -1.88. The first-order chi connectivity index (χ1) is 7.86. The number of rotatable bonds is 2. The molecule has 5 heteroatoms. The van der Waals surface area contributed by atoms with E-state index < -0.39 is 0 Å². The molecule has 0 amide bonds. The van der Waals surface area contributed by atoms with E-state index in [4.69, 9.17) is 10.5 Å². The third-order valence-electron chi connectivity index (χ3n) is 2.66. The van der Waals surface area contributed by atoms with E-state index in [1.165, 1.54) is 5.56 Å². The summed E-state index contributed by atoms with van der Waals surface area (Å²) in [5, 5.41) is 4.26. The Morgan fingerprint density at radius 3 is 3.19 bits per heavy atom. The van der Waals surface area contributed by atoms with E-state index in [0.29, 0.717) is 12.4 Å². The van der Waals surface area contributed by atoms with Crippen LogP contribution in [0.4, 0.5) is 0 Å². The molecule has 0 radical (unpaired) electrons. The molecule has 2 heterocycles. The Morgan fingerprint density at radius 2 is 2.38 bits per heavy atom. The van der Waals surface area contributed by atoms with Gasteiger partial charge in [-0.15, -0.1) is 5.10 Å². The number of ether oxygens (including phenoxy) is 1. The van der Waals surface area contributed by atoms with Crippen LogP contribution < -0.4 is 10.5 Å². The van der Waals surface area contributed by atoms with Gasteiger partial charge in [0.25, 0.3) is 0 Å². The van der Waals surface area contributed by atoms with Gasteiger partial charge in [-0.2, -0.15) is 0 Å². The highest BCUT2D eigenvalue weighted by molar-refractivity contribution is 5.45. The fourth-order valence-corrected chi connectivity index (χ4v) is 1.83. The van der Waals surface area contributed by atoms with Gasteiger partial charge >= 0.3 is 0 Å². The van der Waals surface area contributed by atoms with Crippen LogP contribution in [0.5, 0.6) is 5.75 Å². The number of nitrogens with two attached hydrogens (primary N) is 1. The Labute approximate surface area is 92.9 Å². The summed E-state index contributed by atoms with van der Waals surface area (Å²) < 4.78 is 7.19. The normalized spacial score (nSPS) is 13.6. The molecule has 82 valence electrons. The Bertz CT molecular complexity index is 520. The van der Waals surface area contributed by atoms with E-state index in [2.05, 4.69) is 16.1 Å². The molecule has 0 bridgehead atoms. The van der Waals surface area contributed by atoms with Gasteiger partial charge in [0, 0.05) is 6.42 Å². The Balaban J connectivity index is 2.00. The van der Waals surface area contributed by atoms with E-state index in [1.807, 2.05) is 12.1 Å². The average molecular weight is 216 g/mol. The SMILES string of the molecule is NCc1ncn(-c2ccc3c(c2)CCO3)n1. The lowest BCUT2D eigenvalue weighted by Gasteiger charge is -2.03. The van der Waals surface area contributed by atoms with Gasteiger partial charge in [0.15, 0.2) is 5.82 Å². The summed E-state index contributed by atoms with van der Waals surface area (Å²) in [6, 6.07) is 6.03. The number of benzene rings is 1. The summed E-state index contributed by atoms with van der Waals surface area (Å²) in [5.41, 5.74) is 7.69. The third-order valence-corrected chi connectivity index (χ3v) is 2.66. The van der Waals surface area contributed by atoms with Crippen LogP contribution in [0.3, 0.4) is 0 Å². The molecule has 0 aliphatic carbocycles. The van der Waals surface area contributed by atoms with Crippen molar-refractivity contribution in [1.82, 2.24) is 14.8 Å². The molecule has 2 aromatic rings. The summed E-state index contributed by atoms with van der Waals surface area (Å²) in [6.45, 7) is 1.13. The van der Waals surface area contributed by atoms with Crippen LogP contribution in [0, 0.1) is 0 Å². The van der Waals surface area contributed by atoms with Gasteiger partial charge in [0.1, 0.15) is 12.1 Å². The number of hydrogen-bond acceptors (Lipinski definition) is 4. The minimum Gasteiger partial charge on any atom is -0.493 e. The number of hydrogen-bond donors (Lipinski definition) is 1. The maximum Gasteiger partial charge on any atom is 0.164 e. The lowest BCUT2D eigenvalue weighted by atomic mass is 10.1. The monoisotopic (exact) mass is 216 g/mol. The van der Waals surface area contributed by atoms with E-state index in [1.54, 1.807) is 11.0 Å². The smallest absolute Gasteiger partial charge is 0.164 e. The molecule has 1 aliphatic rings. The highest BCUT2D eigenvalue weighted by Crippen LogP contribution is 2.26. The highest BCUT2D eigenvalue weighted by atomic mass is 16.5. The van der Waals surface area contributed by atoms with Crippen LogP contribution in [0.1, 0.15) is 11.4 Å². The topological polar surface area (TPSA) is 66.0 Å². The van der Waals surface area contributed by atoms with Crippen molar-refractivity contribution in [2.75, 3.05) is 6.61 Å². The second-order valence-corrected chi connectivity index (χ2v) is 3.70. The zero-order chi connectivity index (χ0) is 11.0. The van der Waals surface area contributed by atoms with Gasteiger partial charge in [-0.25, -0.2) is 9.67 Å². The number of aromatic nitrogens is 3. The van der Waals surface area contributed by atoms with Crippen molar-refractivity contribution in [3.63, 3.8) is 0 Å². The van der Waals surface area contributed by atoms with Crippen molar-refractivity contribution in [3.8, 4) is 11.4 Å². The molecule has 1 aromatic carbocycles. The van der Waals surface area contributed by atoms with Gasteiger partial charge < -0.3 is 10.5 Å². The van der Waals surface area contributed by atoms with Crippen molar-refractivity contribution in [1.29, 1.82) is 0 Å². The van der Waals surface area contributed by atoms with Crippen molar-refractivity contribution >= 4 is 0 Å². The molecule has 0 saturated heterocycles. The quantitative estimate of drug-likeness (QED) is 0.800. The fraction of sp³-hybridized carbons (Fsp3) is 0.273. The molecule has 0 spiro atoms. The maximum atomic E-state index is 5.47. The second-order valence-electron chi connectivity index (χ2n) is 3.70. The van der Waals surface area contributed by atoms with E-state index in [0.717, 1.165) is 24.5 Å². The van der Waals surface area contributed by atoms with Crippen molar-refractivity contribution in [2.24, 2.45) is 5.73 Å². The van der Waals surface area contributed by atoms with Crippen molar-refractivity contribution in [2.45, 2.75) is 13.0 Å².